The number of fused-ring (bicyclic) bond motifs is 1. The molecule has 0 bridgehead atoms. The average molecular weight is 509 g/mol. The predicted octanol–water partition coefficient (Wildman–Crippen LogP) is 3.73. The van der Waals surface area contributed by atoms with Gasteiger partial charge in [0, 0.05) is 55.3 Å². The number of rotatable bonds is 5. The largest absolute Gasteiger partial charge is 0.338 e. The lowest BCUT2D eigenvalue weighted by Crippen LogP contribution is -2.53. The van der Waals surface area contributed by atoms with Gasteiger partial charge in [0.25, 0.3) is 11.6 Å². The molecule has 0 saturated carbocycles. The third-order valence-electron chi connectivity index (χ3n) is 6.79. The van der Waals surface area contributed by atoms with E-state index in [1.165, 1.54) is 35.2 Å². The van der Waals surface area contributed by atoms with E-state index in [-0.39, 0.29) is 41.5 Å². The molecule has 2 amide bonds. The van der Waals surface area contributed by atoms with Crippen molar-refractivity contribution in [2.45, 2.75) is 12.5 Å². The highest BCUT2D eigenvalue weighted by Crippen LogP contribution is 2.37. The topological polar surface area (TPSA) is 87.0 Å². The first-order valence-electron chi connectivity index (χ1n) is 11.8. The number of nitro benzene ring substituents is 1. The number of piperazine rings is 1. The Balaban J connectivity index is 1.24. The molecule has 0 unspecified atom stereocenters. The Labute approximate surface area is 211 Å². The Morgan fingerprint density at radius 3 is 2.50 bits per heavy atom. The molecule has 0 spiro atoms. The van der Waals surface area contributed by atoms with E-state index in [2.05, 4.69) is 11.0 Å². The molecule has 0 radical (unpaired) electrons. The van der Waals surface area contributed by atoms with Crippen LogP contribution in [-0.4, -0.2) is 70.7 Å². The molecule has 5 rings (SSSR count). The van der Waals surface area contributed by atoms with Gasteiger partial charge in [-0.15, -0.1) is 11.3 Å². The van der Waals surface area contributed by atoms with E-state index in [0.29, 0.717) is 32.7 Å². The number of halogens is 1. The van der Waals surface area contributed by atoms with Crippen molar-refractivity contribution in [2.24, 2.45) is 0 Å². The molecule has 1 atom stereocenters. The Hall–Kier alpha value is -3.63. The molecule has 3 heterocycles. The van der Waals surface area contributed by atoms with Crippen LogP contribution in [0.3, 0.4) is 0 Å². The Morgan fingerprint density at radius 1 is 1.00 bits per heavy atom. The van der Waals surface area contributed by atoms with Gasteiger partial charge < -0.3 is 9.80 Å². The second-order valence-electron chi connectivity index (χ2n) is 8.96. The fourth-order valence-corrected chi connectivity index (χ4v) is 5.88. The van der Waals surface area contributed by atoms with Gasteiger partial charge >= 0.3 is 0 Å². The van der Waals surface area contributed by atoms with E-state index in [9.17, 15) is 24.1 Å². The molecule has 186 valence electrons. The lowest BCUT2D eigenvalue weighted by Gasteiger charge is -2.39. The van der Waals surface area contributed by atoms with E-state index in [1.54, 1.807) is 33.3 Å². The van der Waals surface area contributed by atoms with Crippen molar-refractivity contribution in [1.29, 1.82) is 0 Å². The van der Waals surface area contributed by atoms with E-state index >= 15 is 0 Å². The molecule has 36 heavy (non-hydrogen) atoms. The summed E-state index contributed by atoms with van der Waals surface area (Å²) in [7, 11) is 0. The van der Waals surface area contributed by atoms with E-state index in [0.717, 1.165) is 17.5 Å². The van der Waals surface area contributed by atoms with Crippen LogP contribution in [-0.2, 0) is 11.2 Å². The highest BCUT2D eigenvalue weighted by molar-refractivity contribution is 7.10. The van der Waals surface area contributed by atoms with Crippen molar-refractivity contribution in [3.63, 3.8) is 0 Å². The van der Waals surface area contributed by atoms with Gasteiger partial charge in [0.15, 0.2) is 0 Å². The number of non-ortho nitro benzene ring substituents is 1. The minimum Gasteiger partial charge on any atom is -0.338 e. The van der Waals surface area contributed by atoms with Gasteiger partial charge in [-0.2, -0.15) is 0 Å². The Kier molecular flexibility index (Phi) is 6.80. The van der Waals surface area contributed by atoms with Crippen molar-refractivity contribution in [3.05, 3.63) is 97.5 Å². The summed E-state index contributed by atoms with van der Waals surface area (Å²) < 4.78 is 14.0. The molecule has 8 nitrogen and oxygen atoms in total. The number of hydrogen-bond acceptors (Lipinski definition) is 6. The maximum atomic E-state index is 14.0. The van der Waals surface area contributed by atoms with Crippen LogP contribution in [0, 0.1) is 15.9 Å². The SMILES string of the molecule is O=C(CN1CCc2sccc2[C@H]1c1cccc(F)c1)N1CCN(C(=O)c2cccc([N+](=O)[O-])c2)CC1. The van der Waals surface area contributed by atoms with Gasteiger partial charge in [-0.3, -0.25) is 24.6 Å². The van der Waals surface area contributed by atoms with Crippen LogP contribution in [0.2, 0.25) is 0 Å². The molecule has 1 aromatic heterocycles. The van der Waals surface area contributed by atoms with E-state index in [4.69, 9.17) is 0 Å². The number of carbonyl (C=O) groups is 2. The van der Waals surface area contributed by atoms with Crippen LogP contribution in [0.25, 0.3) is 0 Å². The van der Waals surface area contributed by atoms with Gasteiger partial charge in [-0.05, 0) is 47.2 Å². The molecule has 10 heteroatoms. The van der Waals surface area contributed by atoms with Crippen molar-refractivity contribution >= 4 is 28.8 Å². The van der Waals surface area contributed by atoms with Crippen LogP contribution in [0.15, 0.2) is 60.0 Å². The normalized spacial score (nSPS) is 18.1. The summed E-state index contributed by atoms with van der Waals surface area (Å²) in [5.74, 6) is -0.610. The van der Waals surface area contributed by atoms with Crippen molar-refractivity contribution in [2.75, 3.05) is 39.3 Å². The molecule has 2 aliphatic heterocycles. The molecular formula is C26H25FN4O4S. The second-order valence-corrected chi connectivity index (χ2v) is 9.96. The number of benzene rings is 2. The van der Waals surface area contributed by atoms with Gasteiger partial charge in [-0.1, -0.05) is 18.2 Å². The smallest absolute Gasteiger partial charge is 0.270 e. The average Bonchev–Trinajstić information content (AvgIpc) is 3.37. The van der Waals surface area contributed by atoms with Crippen LogP contribution in [0.1, 0.15) is 32.4 Å². The molecule has 0 N–H and O–H groups in total. The maximum Gasteiger partial charge on any atom is 0.270 e. The second kappa shape index (κ2) is 10.2. The number of amides is 2. The quantitative estimate of drug-likeness (QED) is 0.387. The standard InChI is InChI=1S/C26H25FN4O4S/c27-20-5-1-3-18(15-20)25-22-8-14-36-23(22)7-9-30(25)17-24(32)28-10-12-29(13-11-28)26(33)19-4-2-6-21(16-19)31(34)35/h1-6,8,14-16,25H,7,9-13,17H2/t25-/m1/s1. The number of nitrogens with zero attached hydrogens (tertiary/aromatic N) is 4. The fraction of sp³-hybridized carbons (Fsp3) is 0.308. The number of nitro groups is 1. The predicted molar refractivity (Wildman–Crippen MR) is 133 cm³/mol. The zero-order valence-corrected chi connectivity index (χ0v) is 20.3. The molecule has 1 fully saturated rings. The van der Waals surface area contributed by atoms with Crippen molar-refractivity contribution < 1.29 is 18.9 Å². The van der Waals surface area contributed by atoms with Gasteiger partial charge in [0.05, 0.1) is 17.5 Å². The summed E-state index contributed by atoms with van der Waals surface area (Å²) in [6.45, 7) is 2.40. The van der Waals surface area contributed by atoms with E-state index in [1.807, 2.05) is 11.4 Å². The summed E-state index contributed by atoms with van der Waals surface area (Å²) in [5, 5.41) is 13.1. The minimum atomic E-state index is -0.524. The molecule has 0 aliphatic carbocycles. The summed E-state index contributed by atoms with van der Waals surface area (Å²) in [4.78, 5) is 43.4. The maximum absolute atomic E-state index is 14.0. The monoisotopic (exact) mass is 508 g/mol. The highest BCUT2D eigenvalue weighted by atomic mass is 32.1. The summed E-state index contributed by atoms with van der Waals surface area (Å²) in [6, 6.07) is 14.1. The summed E-state index contributed by atoms with van der Waals surface area (Å²) in [5.41, 5.74) is 2.09. The molecule has 1 saturated heterocycles. The highest BCUT2D eigenvalue weighted by Gasteiger charge is 2.33. The third-order valence-corrected chi connectivity index (χ3v) is 7.79. The summed E-state index contributed by atoms with van der Waals surface area (Å²) >= 11 is 1.69. The lowest BCUT2D eigenvalue weighted by molar-refractivity contribution is -0.384. The lowest BCUT2D eigenvalue weighted by atomic mass is 9.93. The Bertz CT molecular complexity index is 1300. The zero-order chi connectivity index (χ0) is 25.2. The van der Waals surface area contributed by atoms with E-state index < -0.39 is 4.92 Å². The first-order chi connectivity index (χ1) is 17.4. The Morgan fingerprint density at radius 2 is 1.75 bits per heavy atom. The van der Waals surface area contributed by atoms with Crippen LogP contribution in [0.5, 0.6) is 0 Å². The first-order valence-corrected chi connectivity index (χ1v) is 12.7. The van der Waals surface area contributed by atoms with Gasteiger partial charge in [0.1, 0.15) is 5.82 Å². The third kappa shape index (κ3) is 4.87. The number of hydrogen-bond donors (Lipinski definition) is 0. The molecule has 2 aliphatic rings. The van der Waals surface area contributed by atoms with Gasteiger partial charge in [0.2, 0.25) is 5.91 Å². The fourth-order valence-electron chi connectivity index (χ4n) is 4.97. The van der Waals surface area contributed by atoms with Gasteiger partial charge in [-0.25, -0.2) is 4.39 Å². The minimum absolute atomic E-state index is 0.0301. The van der Waals surface area contributed by atoms with Crippen LogP contribution in [0.4, 0.5) is 10.1 Å². The first kappa shape index (κ1) is 24.1. The molecule has 2 aromatic carbocycles. The zero-order valence-electron chi connectivity index (χ0n) is 19.5. The van der Waals surface area contributed by atoms with Crippen LogP contribution < -0.4 is 0 Å². The number of thiophene rings is 1. The summed E-state index contributed by atoms with van der Waals surface area (Å²) in [6.07, 6.45) is 0.845. The molecular weight excluding hydrogens is 483 g/mol. The number of carbonyl (C=O) groups excluding carboxylic acids is 2. The molecule has 3 aromatic rings. The van der Waals surface area contributed by atoms with Crippen LogP contribution >= 0.6 is 11.3 Å². The van der Waals surface area contributed by atoms with Crippen molar-refractivity contribution in [3.8, 4) is 0 Å². The van der Waals surface area contributed by atoms with Crippen molar-refractivity contribution in [1.82, 2.24) is 14.7 Å².